The number of hydrogen-bond donors (Lipinski definition) is 2. The van der Waals surface area contributed by atoms with E-state index in [9.17, 15) is 4.39 Å². The lowest BCUT2D eigenvalue weighted by Gasteiger charge is -2.13. The zero-order chi connectivity index (χ0) is 21.9. The fraction of sp³-hybridized carbons (Fsp3) is 0.250. The molecule has 0 amide bonds. The number of nitrogens with zero attached hydrogens (tertiary/aromatic N) is 2. The van der Waals surface area contributed by atoms with E-state index in [2.05, 4.69) is 20.6 Å². The van der Waals surface area contributed by atoms with Gasteiger partial charge in [-0.1, -0.05) is 30.3 Å². The molecule has 0 bridgehead atoms. The molecule has 0 spiro atoms. The molecule has 162 valence electrons. The lowest BCUT2D eigenvalue weighted by molar-refractivity contribution is 0.319. The van der Waals surface area contributed by atoms with E-state index in [1.807, 2.05) is 49.4 Å². The highest BCUT2D eigenvalue weighted by Crippen LogP contribution is 2.30. The Morgan fingerprint density at radius 1 is 1.00 bits per heavy atom. The first-order valence-electron chi connectivity index (χ1n) is 10.2. The molecule has 31 heavy (non-hydrogen) atoms. The van der Waals surface area contributed by atoms with Gasteiger partial charge >= 0.3 is 0 Å². The third kappa shape index (κ3) is 6.99. The Morgan fingerprint density at radius 3 is 2.55 bits per heavy atom. The molecular formula is C24H27FN4O2. The van der Waals surface area contributed by atoms with Crippen LogP contribution < -0.4 is 20.1 Å². The minimum atomic E-state index is -0.221. The van der Waals surface area contributed by atoms with Crippen molar-refractivity contribution in [1.29, 1.82) is 0 Å². The summed E-state index contributed by atoms with van der Waals surface area (Å²) in [7, 11) is 1.71. The Labute approximate surface area is 182 Å². The number of para-hydroxylation sites is 2. The van der Waals surface area contributed by atoms with Crippen LogP contribution in [0, 0.1) is 5.82 Å². The van der Waals surface area contributed by atoms with E-state index in [1.165, 1.54) is 6.07 Å². The molecule has 0 saturated carbocycles. The summed E-state index contributed by atoms with van der Waals surface area (Å²) < 4.78 is 24.7. The van der Waals surface area contributed by atoms with Crippen molar-refractivity contribution in [3.63, 3.8) is 0 Å². The van der Waals surface area contributed by atoms with Crippen molar-refractivity contribution in [3.8, 4) is 17.4 Å². The van der Waals surface area contributed by atoms with Crippen molar-refractivity contribution < 1.29 is 13.9 Å². The zero-order valence-corrected chi connectivity index (χ0v) is 17.8. The van der Waals surface area contributed by atoms with Gasteiger partial charge in [-0.25, -0.2) is 9.37 Å². The summed E-state index contributed by atoms with van der Waals surface area (Å²) in [4.78, 5) is 8.59. The summed E-state index contributed by atoms with van der Waals surface area (Å²) in [5.41, 5.74) is 1.92. The first-order chi connectivity index (χ1) is 15.2. The van der Waals surface area contributed by atoms with Crippen molar-refractivity contribution in [3.05, 3.63) is 83.8 Å². The largest absolute Gasteiger partial charge is 0.490 e. The quantitative estimate of drug-likeness (QED) is 0.397. The highest BCUT2D eigenvalue weighted by molar-refractivity contribution is 5.79. The molecule has 7 heteroatoms. The summed E-state index contributed by atoms with van der Waals surface area (Å²) >= 11 is 0. The van der Waals surface area contributed by atoms with Crippen LogP contribution in [-0.2, 0) is 13.0 Å². The number of halogens is 1. The Morgan fingerprint density at radius 2 is 1.84 bits per heavy atom. The topological polar surface area (TPSA) is 67.8 Å². The van der Waals surface area contributed by atoms with Crippen LogP contribution in [0.15, 0.2) is 71.9 Å². The SMILES string of the molecule is CCOc1ccccc1Oc1ccc(CNC(=NC)NCCc2cccc(F)c2)cn1. The standard InChI is InChI=1S/C24H27FN4O2/c1-3-30-21-9-4-5-10-22(21)31-23-12-11-19(16-28-23)17-29-24(26-2)27-14-13-18-7-6-8-20(25)15-18/h4-12,15-16H,3,13-14,17H2,1-2H3,(H2,26,27,29). The van der Waals surface area contributed by atoms with Gasteiger partial charge in [0, 0.05) is 32.4 Å². The van der Waals surface area contributed by atoms with Crippen LogP contribution in [0.1, 0.15) is 18.1 Å². The molecule has 3 rings (SSSR count). The van der Waals surface area contributed by atoms with E-state index >= 15 is 0 Å². The lowest BCUT2D eigenvalue weighted by Crippen LogP contribution is -2.37. The van der Waals surface area contributed by atoms with Crippen LogP contribution in [0.3, 0.4) is 0 Å². The molecule has 6 nitrogen and oxygen atoms in total. The first-order valence-corrected chi connectivity index (χ1v) is 10.2. The maximum Gasteiger partial charge on any atom is 0.219 e. The maximum absolute atomic E-state index is 13.3. The Kier molecular flexibility index (Phi) is 8.22. The van der Waals surface area contributed by atoms with Crippen LogP contribution in [0.25, 0.3) is 0 Å². The zero-order valence-electron chi connectivity index (χ0n) is 17.8. The minimum absolute atomic E-state index is 0.221. The van der Waals surface area contributed by atoms with Gasteiger partial charge < -0.3 is 20.1 Å². The highest BCUT2D eigenvalue weighted by atomic mass is 19.1. The van der Waals surface area contributed by atoms with Crippen molar-refractivity contribution >= 4 is 5.96 Å². The van der Waals surface area contributed by atoms with Gasteiger partial charge in [0.1, 0.15) is 5.82 Å². The number of hydrogen-bond acceptors (Lipinski definition) is 4. The van der Waals surface area contributed by atoms with E-state index in [1.54, 1.807) is 25.4 Å². The average molecular weight is 423 g/mol. The van der Waals surface area contributed by atoms with Gasteiger partial charge in [-0.3, -0.25) is 4.99 Å². The van der Waals surface area contributed by atoms with E-state index in [0.717, 1.165) is 11.1 Å². The van der Waals surface area contributed by atoms with E-state index in [4.69, 9.17) is 9.47 Å². The molecule has 0 aliphatic heterocycles. The number of guanidine groups is 1. The summed E-state index contributed by atoms with van der Waals surface area (Å²) in [6.07, 6.45) is 2.46. The van der Waals surface area contributed by atoms with Crippen molar-refractivity contribution in [2.75, 3.05) is 20.2 Å². The first kappa shape index (κ1) is 22.1. The van der Waals surface area contributed by atoms with Crippen LogP contribution in [0.2, 0.25) is 0 Å². The molecule has 0 radical (unpaired) electrons. The van der Waals surface area contributed by atoms with Gasteiger partial charge in [0.05, 0.1) is 6.61 Å². The fourth-order valence-corrected chi connectivity index (χ4v) is 2.92. The summed E-state index contributed by atoms with van der Waals surface area (Å²) in [5.74, 6) is 2.26. The molecule has 0 saturated heterocycles. The Balaban J connectivity index is 1.48. The molecule has 2 aromatic carbocycles. The molecule has 3 aromatic rings. The molecule has 0 atom stereocenters. The number of pyridine rings is 1. The Hall–Kier alpha value is -3.61. The molecule has 0 aliphatic carbocycles. The number of aliphatic imine (C=N–C) groups is 1. The fourth-order valence-electron chi connectivity index (χ4n) is 2.92. The molecule has 1 aromatic heterocycles. The van der Waals surface area contributed by atoms with Gasteiger partial charge in [0.15, 0.2) is 17.5 Å². The number of benzene rings is 2. The highest BCUT2D eigenvalue weighted by Gasteiger charge is 2.06. The normalized spacial score (nSPS) is 11.1. The van der Waals surface area contributed by atoms with Crippen molar-refractivity contribution in [2.45, 2.75) is 19.9 Å². The van der Waals surface area contributed by atoms with Crippen LogP contribution >= 0.6 is 0 Å². The summed E-state index contributed by atoms with van der Waals surface area (Å²) in [6.45, 7) is 3.70. The lowest BCUT2D eigenvalue weighted by atomic mass is 10.1. The van der Waals surface area contributed by atoms with E-state index < -0.39 is 0 Å². The van der Waals surface area contributed by atoms with Gasteiger partial charge in [-0.05, 0) is 48.7 Å². The minimum Gasteiger partial charge on any atom is -0.490 e. The van der Waals surface area contributed by atoms with Gasteiger partial charge in [-0.15, -0.1) is 0 Å². The molecule has 0 fully saturated rings. The van der Waals surface area contributed by atoms with Gasteiger partial charge in [-0.2, -0.15) is 0 Å². The van der Waals surface area contributed by atoms with Crippen molar-refractivity contribution in [1.82, 2.24) is 15.6 Å². The second kappa shape index (κ2) is 11.5. The summed E-state index contributed by atoms with van der Waals surface area (Å²) in [6, 6.07) is 17.9. The monoisotopic (exact) mass is 422 g/mol. The van der Waals surface area contributed by atoms with Crippen LogP contribution in [0.4, 0.5) is 4.39 Å². The smallest absolute Gasteiger partial charge is 0.219 e. The second-order valence-electron chi connectivity index (χ2n) is 6.72. The predicted molar refractivity (Wildman–Crippen MR) is 120 cm³/mol. The Bertz CT molecular complexity index is 993. The van der Waals surface area contributed by atoms with Crippen LogP contribution in [-0.4, -0.2) is 31.1 Å². The second-order valence-corrected chi connectivity index (χ2v) is 6.72. The predicted octanol–water partition coefficient (Wildman–Crippen LogP) is 4.32. The third-order valence-corrected chi connectivity index (χ3v) is 4.44. The summed E-state index contributed by atoms with van der Waals surface area (Å²) in [5, 5.41) is 6.47. The molecule has 0 aliphatic rings. The number of rotatable bonds is 9. The van der Waals surface area contributed by atoms with Gasteiger partial charge in [0.25, 0.3) is 0 Å². The van der Waals surface area contributed by atoms with Gasteiger partial charge in [0.2, 0.25) is 5.88 Å². The molecule has 0 unspecified atom stereocenters. The number of nitrogens with one attached hydrogen (secondary N) is 2. The maximum atomic E-state index is 13.3. The number of ether oxygens (including phenoxy) is 2. The molecular weight excluding hydrogens is 395 g/mol. The average Bonchev–Trinajstić information content (AvgIpc) is 2.78. The molecule has 2 N–H and O–H groups in total. The van der Waals surface area contributed by atoms with E-state index in [0.29, 0.717) is 49.5 Å². The molecule has 1 heterocycles. The van der Waals surface area contributed by atoms with Crippen LogP contribution in [0.5, 0.6) is 17.4 Å². The van der Waals surface area contributed by atoms with E-state index in [-0.39, 0.29) is 5.82 Å². The number of aromatic nitrogens is 1. The van der Waals surface area contributed by atoms with Crippen molar-refractivity contribution in [2.24, 2.45) is 4.99 Å². The third-order valence-electron chi connectivity index (χ3n) is 4.44.